The van der Waals surface area contributed by atoms with Crippen molar-refractivity contribution in [3.8, 4) is 6.07 Å². The normalized spacial score (nSPS) is 28.9. The minimum absolute atomic E-state index is 0.333. The Balaban J connectivity index is 1.38. The van der Waals surface area contributed by atoms with E-state index in [0.29, 0.717) is 23.9 Å². The second-order valence-electron chi connectivity index (χ2n) is 8.20. The van der Waals surface area contributed by atoms with Gasteiger partial charge in [0.2, 0.25) is 0 Å². The van der Waals surface area contributed by atoms with E-state index in [-0.39, 0.29) is 0 Å². The number of halogens is 3. The summed E-state index contributed by atoms with van der Waals surface area (Å²) >= 11 is 0. The first-order valence-corrected chi connectivity index (χ1v) is 10.3. The summed E-state index contributed by atoms with van der Waals surface area (Å²) in [6.07, 6.45) is 8.14. The Morgan fingerprint density at radius 1 is 0.964 bits per heavy atom. The molecule has 0 heterocycles. The van der Waals surface area contributed by atoms with Gasteiger partial charge >= 0.3 is 6.18 Å². The predicted molar refractivity (Wildman–Crippen MR) is 103 cm³/mol. The topological polar surface area (TPSA) is 33.0 Å². The molecule has 1 aromatic carbocycles. The van der Waals surface area contributed by atoms with E-state index in [1.54, 1.807) is 18.2 Å². The Morgan fingerprint density at radius 2 is 1.61 bits per heavy atom. The van der Waals surface area contributed by atoms with Crippen molar-refractivity contribution in [2.45, 2.75) is 69.6 Å². The lowest BCUT2D eigenvalue weighted by Crippen LogP contribution is -2.25. The highest BCUT2D eigenvalue weighted by Gasteiger charge is 2.31. The third-order valence-corrected chi connectivity index (χ3v) is 6.29. The molecule has 5 heteroatoms. The third kappa shape index (κ3) is 5.85. The first kappa shape index (κ1) is 20.9. The predicted octanol–water partition coefficient (Wildman–Crippen LogP) is 6.63. The van der Waals surface area contributed by atoms with E-state index in [0.717, 1.165) is 63.5 Å². The van der Waals surface area contributed by atoms with Crippen LogP contribution in [0.1, 0.15) is 68.4 Å². The molecule has 152 valence electrons. The molecule has 3 rings (SSSR count). The molecule has 0 aromatic heterocycles. The summed E-state index contributed by atoms with van der Waals surface area (Å²) in [6.45, 7) is 0.795. The number of allylic oxidation sites excluding steroid dienone is 2. The molecule has 2 nitrogen and oxygen atoms in total. The molecule has 0 N–H and O–H groups in total. The van der Waals surface area contributed by atoms with E-state index in [9.17, 15) is 13.2 Å². The molecule has 0 bridgehead atoms. The summed E-state index contributed by atoms with van der Waals surface area (Å²) in [5, 5.41) is 8.61. The van der Waals surface area contributed by atoms with E-state index in [4.69, 9.17) is 10.00 Å². The molecule has 1 aromatic rings. The van der Waals surface area contributed by atoms with Crippen LogP contribution in [0.2, 0.25) is 0 Å². The van der Waals surface area contributed by atoms with Gasteiger partial charge in [0.15, 0.2) is 0 Å². The zero-order chi connectivity index (χ0) is 20.0. The van der Waals surface area contributed by atoms with Crippen molar-refractivity contribution in [1.82, 2.24) is 0 Å². The molecule has 0 radical (unpaired) electrons. The highest BCUT2D eigenvalue weighted by molar-refractivity contribution is 5.27. The largest absolute Gasteiger partial charge is 0.416 e. The zero-order valence-electron chi connectivity index (χ0n) is 16.1. The van der Waals surface area contributed by atoms with E-state index < -0.39 is 11.7 Å². The van der Waals surface area contributed by atoms with Crippen LogP contribution in [0.3, 0.4) is 0 Å². The standard InChI is InChI=1S/C23H28F3NO/c24-23(25,26)21-11-9-20(10-12-21)19-7-3-18(4-8-19)16-28-22-13-5-17(6-14-22)2-1-15-27/h1-2,9-12,17-19,22H,3-8,13-14,16H2/t17-,18-,19-,22-. The number of nitriles is 1. The SMILES string of the molecule is N#CC=C[C@H]1CC[C@H](OC[C@H]2CC[C@H](c3ccc(C(F)(F)F)cc3)CC2)CC1. The van der Waals surface area contributed by atoms with Crippen molar-refractivity contribution in [1.29, 1.82) is 5.26 Å². The maximum atomic E-state index is 12.7. The fourth-order valence-corrected chi connectivity index (χ4v) is 4.51. The van der Waals surface area contributed by atoms with Crippen LogP contribution in [0.5, 0.6) is 0 Å². The van der Waals surface area contributed by atoms with Crippen LogP contribution >= 0.6 is 0 Å². The smallest absolute Gasteiger partial charge is 0.378 e. The van der Waals surface area contributed by atoms with Gasteiger partial charge in [0.25, 0.3) is 0 Å². The molecule has 0 aliphatic heterocycles. The summed E-state index contributed by atoms with van der Waals surface area (Å²) in [7, 11) is 0. The van der Waals surface area contributed by atoms with Crippen molar-refractivity contribution < 1.29 is 17.9 Å². The van der Waals surface area contributed by atoms with Crippen LogP contribution in [0, 0.1) is 23.2 Å². The van der Waals surface area contributed by atoms with Crippen molar-refractivity contribution in [2.24, 2.45) is 11.8 Å². The highest BCUT2D eigenvalue weighted by Crippen LogP contribution is 2.38. The molecular weight excluding hydrogens is 363 g/mol. The van der Waals surface area contributed by atoms with Crippen molar-refractivity contribution >= 4 is 0 Å². The van der Waals surface area contributed by atoms with Crippen LogP contribution in [0.15, 0.2) is 36.4 Å². The van der Waals surface area contributed by atoms with Crippen molar-refractivity contribution in [3.05, 3.63) is 47.5 Å². The minimum Gasteiger partial charge on any atom is -0.378 e. The molecule has 2 aliphatic rings. The van der Waals surface area contributed by atoms with Gasteiger partial charge in [0.1, 0.15) is 0 Å². The number of alkyl halides is 3. The Hall–Kier alpha value is -1.80. The average Bonchev–Trinajstić information content (AvgIpc) is 2.71. The third-order valence-electron chi connectivity index (χ3n) is 6.29. The first-order valence-electron chi connectivity index (χ1n) is 10.3. The lowest BCUT2D eigenvalue weighted by atomic mass is 9.79. The van der Waals surface area contributed by atoms with Crippen LogP contribution in [0.4, 0.5) is 13.2 Å². The molecule has 2 saturated carbocycles. The summed E-state index contributed by atoms with van der Waals surface area (Å²) in [5.74, 6) is 1.43. The summed E-state index contributed by atoms with van der Waals surface area (Å²) < 4.78 is 44.2. The number of hydrogen-bond donors (Lipinski definition) is 0. The Bertz CT molecular complexity index is 673. The Labute approximate surface area is 165 Å². The van der Waals surface area contributed by atoms with Gasteiger partial charge < -0.3 is 4.74 Å². The molecule has 2 fully saturated rings. The van der Waals surface area contributed by atoms with Crippen molar-refractivity contribution in [2.75, 3.05) is 6.61 Å². The highest BCUT2D eigenvalue weighted by atomic mass is 19.4. The molecule has 0 unspecified atom stereocenters. The lowest BCUT2D eigenvalue weighted by molar-refractivity contribution is -0.137. The fourth-order valence-electron chi connectivity index (χ4n) is 4.51. The van der Waals surface area contributed by atoms with Gasteiger partial charge in [-0.1, -0.05) is 18.2 Å². The maximum absolute atomic E-state index is 12.7. The fraction of sp³-hybridized carbons (Fsp3) is 0.609. The van der Waals surface area contributed by atoms with Gasteiger partial charge in [-0.2, -0.15) is 18.4 Å². The molecule has 28 heavy (non-hydrogen) atoms. The molecule has 0 amide bonds. The summed E-state index contributed by atoms with van der Waals surface area (Å²) in [4.78, 5) is 0. The molecule has 0 atom stereocenters. The van der Waals surface area contributed by atoms with Crippen LogP contribution in [-0.4, -0.2) is 12.7 Å². The number of hydrogen-bond acceptors (Lipinski definition) is 2. The van der Waals surface area contributed by atoms with Crippen LogP contribution < -0.4 is 0 Å². The number of benzene rings is 1. The molecule has 0 saturated heterocycles. The number of ether oxygens (including phenoxy) is 1. The Morgan fingerprint density at radius 3 is 2.18 bits per heavy atom. The second-order valence-corrected chi connectivity index (χ2v) is 8.20. The first-order chi connectivity index (χ1) is 13.5. The zero-order valence-corrected chi connectivity index (χ0v) is 16.1. The maximum Gasteiger partial charge on any atom is 0.416 e. The van der Waals surface area contributed by atoms with Crippen LogP contribution in [-0.2, 0) is 10.9 Å². The van der Waals surface area contributed by atoms with E-state index >= 15 is 0 Å². The van der Waals surface area contributed by atoms with E-state index in [1.165, 1.54) is 12.1 Å². The number of rotatable bonds is 5. The Kier molecular flexibility index (Phi) is 7.18. The van der Waals surface area contributed by atoms with Crippen molar-refractivity contribution in [3.63, 3.8) is 0 Å². The molecular formula is C23H28F3NO. The lowest BCUT2D eigenvalue weighted by Gasteiger charge is -2.32. The quantitative estimate of drug-likeness (QED) is 0.528. The average molecular weight is 391 g/mol. The number of nitrogens with zero attached hydrogens (tertiary/aromatic N) is 1. The molecule has 2 aliphatic carbocycles. The van der Waals surface area contributed by atoms with Gasteiger partial charge in [0.05, 0.1) is 17.7 Å². The molecule has 0 spiro atoms. The van der Waals surface area contributed by atoms with Gasteiger partial charge in [-0.15, -0.1) is 0 Å². The second kappa shape index (κ2) is 9.60. The minimum atomic E-state index is -4.27. The van der Waals surface area contributed by atoms with Crippen LogP contribution in [0.25, 0.3) is 0 Å². The van der Waals surface area contributed by atoms with E-state index in [2.05, 4.69) is 6.07 Å². The van der Waals surface area contributed by atoms with E-state index in [1.807, 2.05) is 6.08 Å². The monoisotopic (exact) mass is 391 g/mol. The van der Waals surface area contributed by atoms with Gasteiger partial charge in [-0.25, -0.2) is 0 Å². The van der Waals surface area contributed by atoms with Gasteiger partial charge in [-0.05, 0) is 86.8 Å². The van der Waals surface area contributed by atoms with Gasteiger partial charge in [0, 0.05) is 12.7 Å². The summed E-state index contributed by atoms with van der Waals surface area (Å²) in [5.41, 5.74) is 0.451. The summed E-state index contributed by atoms with van der Waals surface area (Å²) in [6, 6.07) is 7.74. The van der Waals surface area contributed by atoms with Gasteiger partial charge in [-0.3, -0.25) is 0 Å².